The number of halogens is 1. The van der Waals surface area contributed by atoms with Gasteiger partial charge in [0.2, 0.25) is 0 Å². The van der Waals surface area contributed by atoms with Gasteiger partial charge in [0.1, 0.15) is 5.15 Å². The highest BCUT2D eigenvalue weighted by Gasteiger charge is 2.37. The van der Waals surface area contributed by atoms with E-state index in [2.05, 4.69) is 73.8 Å². The molecule has 0 aliphatic carbocycles. The molecule has 220 valence electrons. The van der Waals surface area contributed by atoms with Crippen LogP contribution in [0.3, 0.4) is 0 Å². The largest absolute Gasteiger partial charge is 0.432 e. The minimum Gasteiger partial charge on any atom is -0.432 e. The first-order chi connectivity index (χ1) is 19.7. The summed E-state index contributed by atoms with van der Waals surface area (Å²) in [5, 5.41) is 7.64. The lowest BCUT2D eigenvalue weighted by Crippen LogP contribution is -2.39. The molecule has 8 heteroatoms. The van der Waals surface area contributed by atoms with Gasteiger partial charge in [-0.2, -0.15) is 5.10 Å². The molecule has 0 amide bonds. The van der Waals surface area contributed by atoms with E-state index in [0.29, 0.717) is 23.0 Å². The zero-order valence-electron chi connectivity index (χ0n) is 25.7. The maximum absolute atomic E-state index is 13.8. The van der Waals surface area contributed by atoms with Gasteiger partial charge in [-0.1, -0.05) is 75.7 Å². The molecule has 2 aromatic carbocycles. The minimum absolute atomic E-state index is 0.108. The molecule has 0 fully saturated rings. The number of aromatic nitrogens is 4. The van der Waals surface area contributed by atoms with E-state index in [9.17, 15) is 9.59 Å². The van der Waals surface area contributed by atoms with Crippen LogP contribution in [0.2, 0.25) is 23.3 Å². The van der Waals surface area contributed by atoms with E-state index >= 15 is 0 Å². The number of benzene rings is 2. The molecule has 3 aromatic heterocycles. The molecule has 0 aliphatic rings. The standard InChI is InChI=1S/C34H41ClN4O2Si/c1-22(2)17-29-27-21-39(20-25-19-30(35)36-28-14-9-8-13-26(25)28)32(31(27)33(40)38(5)37-29)24-12-10-11-23(18-24)15-16-34(3,4)42(6,7)41/h8-14,18-19,21-22,41H,15-17,20H2,1-7H3. The van der Waals surface area contributed by atoms with Crippen molar-refractivity contribution in [2.24, 2.45) is 13.0 Å². The number of hydrogen-bond acceptors (Lipinski definition) is 4. The lowest BCUT2D eigenvalue weighted by molar-refractivity contribution is 0.451. The van der Waals surface area contributed by atoms with Gasteiger partial charge in [-0.25, -0.2) is 9.67 Å². The fourth-order valence-electron chi connectivity index (χ4n) is 5.57. The van der Waals surface area contributed by atoms with Gasteiger partial charge in [0.05, 0.1) is 22.3 Å². The van der Waals surface area contributed by atoms with Gasteiger partial charge in [0.15, 0.2) is 8.32 Å². The highest BCUT2D eigenvalue weighted by molar-refractivity contribution is 6.72. The van der Waals surface area contributed by atoms with Gasteiger partial charge < -0.3 is 9.36 Å². The molecule has 0 bridgehead atoms. The van der Waals surface area contributed by atoms with Crippen LogP contribution in [-0.2, 0) is 26.4 Å². The molecular formula is C34H41ClN4O2Si. The molecule has 0 aliphatic heterocycles. The smallest absolute Gasteiger partial charge is 0.276 e. The van der Waals surface area contributed by atoms with E-state index < -0.39 is 8.32 Å². The average Bonchev–Trinajstić information content (AvgIpc) is 3.29. The topological polar surface area (TPSA) is 72.9 Å². The maximum Gasteiger partial charge on any atom is 0.276 e. The van der Waals surface area contributed by atoms with Crippen LogP contribution in [-0.4, -0.2) is 32.4 Å². The summed E-state index contributed by atoms with van der Waals surface area (Å²) in [5.41, 5.74) is 5.75. The molecule has 0 radical (unpaired) electrons. The summed E-state index contributed by atoms with van der Waals surface area (Å²) in [4.78, 5) is 29.1. The summed E-state index contributed by atoms with van der Waals surface area (Å²) in [5.74, 6) is 0.388. The number of aryl methyl sites for hydroxylation is 2. The van der Waals surface area contributed by atoms with Crippen molar-refractivity contribution in [1.82, 2.24) is 19.3 Å². The van der Waals surface area contributed by atoms with Crippen LogP contribution in [0.15, 0.2) is 65.6 Å². The highest BCUT2D eigenvalue weighted by atomic mass is 35.5. The summed E-state index contributed by atoms with van der Waals surface area (Å²) in [6.07, 6.45) is 4.60. The predicted molar refractivity (Wildman–Crippen MR) is 177 cm³/mol. The maximum atomic E-state index is 13.8. The Labute approximate surface area is 254 Å². The normalized spacial score (nSPS) is 12.6. The van der Waals surface area contributed by atoms with Crippen LogP contribution < -0.4 is 5.56 Å². The number of pyridine rings is 1. The lowest BCUT2D eigenvalue weighted by Gasteiger charge is -2.35. The molecule has 1 N–H and O–H groups in total. The third-order valence-corrected chi connectivity index (χ3v) is 12.5. The summed E-state index contributed by atoms with van der Waals surface area (Å²) >= 11 is 6.48. The molecule has 42 heavy (non-hydrogen) atoms. The third-order valence-electron chi connectivity index (χ3n) is 8.78. The predicted octanol–water partition coefficient (Wildman–Crippen LogP) is 7.76. The van der Waals surface area contributed by atoms with E-state index in [0.717, 1.165) is 58.1 Å². The monoisotopic (exact) mass is 600 g/mol. The molecule has 5 rings (SSSR count). The quantitative estimate of drug-likeness (QED) is 0.139. The molecule has 0 saturated heterocycles. The van der Waals surface area contributed by atoms with Crippen molar-refractivity contribution in [3.8, 4) is 11.3 Å². The van der Waals surface area contributed by atoms with Crippen LogP contribution in [0, 0.1) is 5.92 Å². The first-order valence-electron chi connectivity index (χ1n) is 14.7. The van der Waals surface area contributed by atoms with E-state index in [1.165, 1.54) is 10.2 Å². The fourth-order valence-corrected chi connectivity index (χ4v) is 6.53. The van der Waals surface area contributed by atoms with Crippen LogP contribution in [0.4, 0.5) is 0 Å². The second kappa shape index (κ2) is 11.4. The van der Waals surface area contributed by atoms with Gasteiger partial charge in [-0.15, -0.1) is 0 Å². The van der Waals surface area contributed by atoms with E-state index in [-0.39, 0.29) is 10.6 Å². The van der Waals surface area contributed by atoms with Crippen LogP contribution in [0.25, 0.3) is 32.9 Å². The Bertz CT molecular complexity index is 1830. The fraction of sp³-hybridized carbons (Fsp3) is 0.382. The van der Waals surface area contributed by atoms with Gasteiger partial charge in [-0.3, -0.25) is 4.79 Å². The first kappa shape index (κ1) is 30.2. The van der Waals surface area contributed by atoms with Gasteiger partial charge >= 0.3 is 0 Å². The first-order valence-corrected chi connectivity index (χ1v) is 18.0. The molecular weight excluding hydrogens is 560 g/mol. The Morgan fingerprint density at radius 1 is 1.05 bits per heavy atom. The second-order valence-electron chi connectivity index (χ2n) is 13.1. The Kier molecular flexibility index (Phi) is 8.22. The average molecular weight is 601 g/mol. The Hall–Kier alpha value is -3.26. The van der Waals surface area contributed by atoms with Crippen molar-refractivity contribution in [1.29, 1.82) is 0 Å². The molecule has 3 heterocycles. The number of fused-ring (bicyclic) bond motifs is 2. The van der Waals surface area contributed by atoms with Crippen molar-refractivity contribution in [3.05, 3.63) is 93.1 Å². The lowest BCUT2D eigenvalue weighted by atomic mass is 9.98. The van der Waals surface area contributed by atoms with Crippen LogP contribution in [0.5, 0.6) is 0 Å². The second-order valence-corrected chi connectivity index (χ2v) is 18.0. The van der Waals surface area contributed by atoms with Crippen LogP contribution >= 0.6 is 11.6 Å². The molecule has 5 aromatic rings. The molecule has 6 nitrogen and oxygen atoms in total. The van der Waals surface area contributed by atoms with Crippen LogP contribution in [0.1, 0.15) is 50.9 Å². The summed E-state index contributed by atoms with van der Waals surface area (Å²) in [7, 11) is -0.588. The number of nitrogens with zero attached hydrogens (tertiary/aromatic N) is 4. The zero-order valence-corrected chi connectivity index (χ0v) is 27.5. The highest BCUT2D eigenvalue weighted by Crippen LogP contribution is 2.40. The number of para-hydroxylation sites is 1. The summed E-state index contributed by atoms with van der Waals surface area (Å²) < 4.78 is 3.66. The number of rotatable bonds is 9. The van der Waals surface area contributed by atoms with Crippen molar-refractivity contribution in [2.75, 3.05) is 0 Å². The molecule has 0 unspecified atom stereocenters. The summed E-state index contributed by atoms with van der Waals surface area (Å²) in [6, 6.07) is 18.4. The Balaban J connectivity index is 1.70. The Morgan fingerprint density at radius 3 is 2.50 bits per heavy atom. The van der Waals surface area contributed by atoms with Crippen molar-refractivity contribution in [3.63, 3.8) is 0 Å². The van der Waals surface area contributed by atoms with Gasteiger partial charge in [0.25, 0.3) is 5.56 Å². The SMILES string of the molecule is CC(C)Cc1nn(C)c(=O)c2c(-c3cccc(CCC(C)(C)[Si](C)(C)O)c3)n(Cc3cc(Cl)nc4ccccc34)cc12. The third kappa shape index (κ3) is 5.96. The zero-order chi connectivity index (χ0) is 30.4. The Morgan fingerprint density at radius 2 is 1.79 bits per heavy atom. The van der Waals surface area contributed by atoms with Crippen molar-refractivity contribution in [2.45, 2.75) is 71.6 Å². The molecule has 0 atom stereocenters. The molecule has 0 spiro atoms. The van der Waals surface area contributed by atoms with Gasteiger partial charge in [0, 0.05) is 30.6 Å². The van der Waals surface area contributed by atoms with Crippen molar-refractivity contribution < 1.29 is 4.80 Å². The number of hydrogen-bond donors (Lipinski definition) is 1. The minimum atomic E-state index is -2.33. The van der Waals surface area contributed by atoms with E-state index in [1.807, 2.05) is 37.4 Å². The summed E-state index contributed by atoms with van der Waals surface area (Å²) in [6.45, 7) is 13.2. The van der Waals surface area contributed by atoms with Gasteiger partial charge in [-0.05, 0) is 78.2 Å². The van der Waals surface area contributed by atoms with Crippen molar-refractivity contribution >= 4 is 41.6 Å². The molecule has 0 saturated carbocycles. The van der Waals surface area contributed by atoms with E-state index in [1.54, 1.807) is 7.05 Å². The van der Waals surface area contributed by atoms with E-state index in [4.69, 9.17) is 16.7 Å².